The number of carbonyl (C=O) groups excluding carboxylic acids is 1. The number of nitrogens with two attached hydrogens (primary N) is 1. The molecule has 1 aliphatic carbocycles. The number of pyridine rings is 1. The zero-order chi connectivity index (χ0) is 13.0. The zero-order valence-corrected chi connectivity index (χ0v) is 10.9. The summed E-state index contributed by atoms with van der Waals surface area (Å²) in [4.78, 5) is 16.5. The van der Waals surface area contributed by atoms with Gasteiger partial charge in [-0.15, -0.1) is 0 Å². The Labute approximate surface area is 108 Å². The van der Waals surface area contributed by atoms with Gasteiger partial charge in [0.1, 0.15) is 5.82 Å². The van der Waals surface area contributed by atoms with E-state index in [1.54, 1.807) is 6.20 Å². The van der Waals surface area contributed by atoms with Gasteiger partial charge in [-0.2, -0.15) is 0 Å². The Morgan fingerprint density at radius 2 is 2.28 bits per heavy atom. The van der Waals surface area contributed by atoms with Crippen molar-refractivity contribution in [2.45, 2.75) is 32.6 Å². The van der Waals surface area contributed by atoms with Crippen LogP contribution >= 0.6 is 0 Å². The molecular formula is C14H21N3O. The summed E-state index contributed by atoms with van der Waals surface area (Å²) in [5, 5.41) is 2.94. The van der Waals surface area contributed by atoms with Crippen molar-refractivity contribution >= 4 is 11.7 Å². The molecule has 1 amide bonds. The molecule has 0 saturated heterocycles. The standard InChI is InChI=1S/C14H21N3O/c1-10-5-4-8-16-13(10)17-14(18)12-7-3-2-6-11(12)9-15/h4-5,8,11-12H,2-3,6-7,9,15H2,1H3,(H,16,17,18). The molecular weight excluding hydrogens is 226 g/mol. The van der Waals surface area contributed by atoms with Crippen LogP contribution in [0.25, 0.3) is 0 Å². The molecule has 4 nitrogen and oxygen atoms in total. The molecule has 3 N–H and O–H groups in total. The van der Waals surface area contributed by atoms with E-state index in [2.05, 4.69) is 10.3 Å². The van der Waals surface area contributed by atoms with Gasteiger partial charge in [-0.3, -0.25) is 4.79 Å². The number of nitrogens with one attached hydrogen (secondary N) is 1. The van der Waals surface area contributed by atoms with Gasteiger partial charge in [0.15, 0.2) is 0 Å². The first kappa shape index (κ1) is 13.0. The van der Waals surface area contributed by atoms with Gasteiger partial charge in [-0.05, 0) is 43.9 Å². The van der Waals surface area contributed by atoms with Crippen LogP contribution in [-0.4, -0.2) is 17.4 Å². The van der Waals surface area contributed by atoms with E-state index in [9.17, 15) is 4.79 Å². The van der Waals surface area contributed by atoms with E-state index in [1.807, 2.05) is 19.1 Å². The van der Waals surface area contributed by atoms with Gasteiger partial charge in [-0.25, -0.2) is 4.98 Å². The molecule has 18 heavy (non-hydrogen) atoms. The maximum atomic E-state index is 12.3. The van der Waals surface area contributed by atoms with Gasteiger partial charge in [0.25, 0.3) is 0 Å². The van der Waals surface area contributed by atoms with Crippen LogP contribution in [0.5, 0.6) is 0 Å². The predicted octanol–water partition coefficient (Wildman–Crippen LogP) is 2.09. The number of rotatable bonds is 3. The number of anilines is 1. The summed E-state index contributed by atoms with van der Waals surface area (Å²) in [5.41, 5.74) is 6.75. The average molecular weight is 247 g/mol. The molecule has 1 aromatic rings. The number of carbonyl (C=O) groups is 1. The van der Waals surface area contributed by atoms with Crippen molar-refractivity contribution in [3.63, 3.8) is 0 Å². The molecule has 2 atom stereocenters. The lowest BCUT2D eigenvalue weighted by Crippen LogP contribution is -2.35. The Balaban J connectivity index is 2.05. The SMILES string of the molecule is Cc1cccnc1NC(=O)C1CCCCC1CN. The van der Waals surface area contributed by atoms with Gasteiger partial charge < -0.3 is 11.1 Å². The van der Waals surface area contributed by atoms with Gasteiger partial charge in [0.05, 0.1) is 0 Å². The topological polar surface area (TPSA) is 68.0 Å². The Hall–Kier alpha value is -1.42. The van der Waals surface area contributed by atoms with Gasteiger partial charge in [0.2, 0.25) is 5.91 Å². The Morgan fingerprint density at radius 3 is 3.00 bits per heavy atom. The maximum absolute atomic E-state index is 12.3. The van der Waals surface area contributed by atoms with Crippen LogP contribution < -0.4 is 11.1 Å². The summed E-state index contributed by atoms with van der Waals surface area (Å²) >= 11 is 0. The molecule has 1 aliphatic rings. The third kappa shape index (κ3) is 2.88. The van der Waals surface area contributed by atoms with Crippen LogP contribution in [0.2, 0.25) is 0 Å². The number of aromatic nitrogens is 1. The largest absolute Gasteiger partial charge is 0.330 e. The molecule has 2 rings (SSSR count). The summed E-state index contributed by atoms with van der Waals surface area (Å²) in [7, 11) is 0. The molecule has 0 bridgehead atoms. The number of aryl methyl sites for hydroxylation is 1. The third-order valence-electron chi connectivity index (χ3n) is 3.80. The number of nitrogens with zero attached hydrogens (tertiary/aromatic N) is 1. The van der Waals surface area contributed by atoms with Crippen LogP contribution in [0.4, 0.5) is 5.82 Å². The van der Waals surface area contributed by atoms with E-state index in [0.717, 1.165) is 24.8 Å². The Bertz CT molecular complexity index is 419. The minimum absolute atomic E-state index is 0.0464. The zero-order valence-electron chi connectivity index (χ0n) is 10.9. The summed E-state index contributed by atoms with van der Waals surface area (Å²) in [5.74, 6) is 1.11. The van der Waals surface area contributed by atoms with Crippen LogP contribution in [-0.2, 0) is 4.79 Å². The fourth-order valence-electron chi connectivity index (χ4n) is 2.66. The summed E-state index contributed by atoms with van der Waals surface area (Å²) in [6, 6.07) is 3.82. The Morgan fingerprint density at radius 1 is 1.50 bits per heavy atom. The van der Waals surface area contributed by atoms with Crippen molar-refractivity contribution in [3.05, 3.63) is 23.9 Å². The highest BCUT2D eigenvalue weighted by Crippen LogP contribution is 2.30. The first-order valence-electron chi connectivity index (χ1n) is 6.65. The van der Waals surface area contributed by atoms with Crippen molar-refractivity contribution in [1.82, 2.24) is 4.98 Å². The lowest BCUT2D eigenvalue weighted by atomic mass is 9.79. The normalized spacial score (nSPS) is 23.7. The highest BCUT2D eigenvalue weighted by Gasteiger charge is 2.30. The molecule has 1 saturated carbocycles. The van der Waals surface area contributed by atoms with Crippen molar-refractivity contribution in [2.24, 2.45) is 17.6 Å². The lowest BCUT2D eigenvalue weighted by Gasteiger charge is -2.29. The Kier molecular flexibility index (Phi) is 4.31. The second-order valence-corrected chi connectivity index (χ2v) is 5.04. The molecule has 0 aliphatic heterocycles. The maximum Gasteiger partial charge on any atom is 0.228 e. The lowest BCUT2D eigenvalue weighted by molar-refractivity contribution is -0.122. The minimum atomic E-state index is 0.0464. The first-order valence-corrected chi connectivity index (χ1v) is 6.65. The van der Waals surface area contributed by atoms with Crippen LogP contribution in [0, 0.1) is 18.8 Å². The minimum Gasteiger partial charge on any atom is -0.330 e. The number of hydrogen-bond donors (Lipinski definition) is 2. The molecule has 1 aromatic heterocycles. The quantitative estimate of drug-likeness (QED) is 0.859. The van der Waals surface area contributed by atoms with Gasteiger partial charge in [-0.1, -0.05) is 18.9 Å². The monoisotopic (exact) mass is 247 g/mol. The summed E-state index contributed by atoms with van der Waals surface area (Å²) in [6.07, 6.45) is 6.02. The molecule has 98 valence electrons. The van der Waals surface area contributed by atoms with Crippen molar-refractivity contribution in [1.29, 1.82) is 0 Å². The average Bonchev–Trinajstić information content (AvgIpc) is 2.41. The number of amides is 1. The van der Waals surface area contributed by atoms with Crippen LogP contribution in [0.3, 0.4) is 0 Å². The van der Waals surface area contributed by atoms with Gasteiger partial charge >= 0.3 is 0 Å². The van der Waals surface area contributed by atoms with Crippen LogP contribution in [0.1, 0.15) is 31.2 Å². The summed E-state index contributed by atoms with van der Waals surface area (Å²) < 4.78 is 0. The van der Waals surface area contributed by atoms with E-state index in [1.165, 1.54) is 6.42 Å². The highest BCUT2D eigenvalue weighted by molar-refractivity contribution is 5.92. The second kappa shape index (κ2) is 5.96. The molecule has 0 radical (unpaired) electrons. The first-order chi connectivity index (χ1) is 8.72. The second-order valence-electron chi connectivity index (χ2n) is 5.04. The third-order valence-corrected chi connectivity index (χ3v) is 3.80. The molecule has 1 heterocycles. The molecule has 1 fully saturated rings. The molecule has 4 heteroatoms. The summed E-state index contributed by atoms with van der Waals surface area (Å²) in [6.45, 7) is 2.54. The fraction of sp³-hybridized carbons (Fsp3) is 0.571. The molecule has 0 spiro atoms. The van der Waals surface area contributed by atoms with E-state index in [4.69, 9.17) is 5.73 Å². The van der Waals surface area contributed by atoms with Crippen LogP contribution in [0.15, 0.2) is 18.3 Å². The molecule has 2 unspecified atom stereocenters. The van der Waals surface area contributed by atoms with E-state index < -0.39 is 0 Å². The van der Waals surface area contributed by atoms with E-state index in [-0.39, 0.29) is 11.8 Å². The van der Waals surface area contributed by atoms with E-state index in [0.29, 0.717) is 18.3 Å². The number of hydrogen-bond acceptors (Lipinski definition) is 3. The van der Waals surface area contributed by atoms with Gasteiger partial charge in [0, 0.05) is 12.1 Å². The van der Waals surface area contributed by atoms with Crippen molar-refractivity contribution in [2.75, 3.05) is 11.9 Å². The highest BCUT2D eigenvalue weighted by atomic mass is 16.2. The van der Waals surface area contributed by atoms with E-state index >= 15 is 0 Å². The molecule has 0 aromatic carbocycles. The smallest absolute Gasteiger partial charge is 0.228 e. The van der Waals surface area contributed by atoms with Crippen molar-refractivity contribution < 1.29 is 4.79 Å². The van der Waals surface area contributed by atoms with Crippen molar-refractivity contribution in [3.8, 4) is 0 Å². The predicted molar refractivity (Wildman–Crippen MR) is 72.1 cm³/mol. The fourth-order valence-corrected chi connectivity index (χ4v) is 2.66.